The van der Waals surface area contributed by atoms with Gasteiger partial charge in [-0.2, -0.15) is 5.26 Å². The topological polar surface area (TPSA) is 61.6 Å². The minimum absolute atomic E-state index is 0.676. The summed E-state index contributed by atoms with van der Waals surface area (Å²) >= 11 is 1.53. The predicted molar refractivity (Wildman–Crippen MR) is 63.1 cm³/mol. The van der Waals surface area contributed by atoms with E-state index in [0.29, 0.717) is 12.1 Å². The normalized spacial score (nSPS) is 9.75. The van der Waals surface area contributed by atoms with Crippen LogP contribution in [0.2, 0.25) is 0 Å². The van der Waals surface area contributed by atoms with E-state index in [1.165, 1.54) is 11.3 Å². The maximum atomic E-state index is 8.66. The summed E-state index contributed by atoms with van der Waals surface area (Å²) in [7, 11) is 0. The fourth-order valence-corrected chi connectivity index (χ4v) is 1.83. The van der Waals surface area contributed by atoms with Crippen LogP contribution < -0.4 is 5.32 Å². The van der Waals surface area contributed by atoms with Crippen LogP contribution in [0.4, 0.5) is 5.13 Å². The third-order valence-corrected chi connectivity index (χ3v) is 2.85. The Bertz CT molecular complexity index is 510. The lowest BCUT2D eigenvalue weighted by molar-refractivity contribution is 1.02. The number of rotatable bonds is 3. The van der Waals surface area contributed by atoms with Gasteiger partial charge >= 0.3 is 0 Å². The smallest absolute Gasteiger partial charge is 0.205 e. The van der Waals surface area contributed by atoms with E-state index in [2.05, 4.69) is 21.6 Å². The molecule has 0 fully saturated rings. The molecule has 16 heavy (non-hydrogen) atoms. The van der Waals surface area contributed by atoms with Crippen molar-refractivity contribution in [2.24, 2.45) is 0 Å². The summed E-state index contributed by atoms with van der Waals surface area (Å²) in [6, 6.07) is 9.57. The zero-order chi connectivity index (χ0) is 11.4. The predicted octanol–water partition coefficient (Wildman–Crippen LogP) is 2.33. The highest BCUT2D eigenvalue weighted by molar-refractivity contribution is 7.15. The number of anilines is 1. The van der Waals surface area contributed by atoms with Gasteiger partial charge in [-0.1, -0.05) is 23.5 Å². The molecule has 0 bridgehead atoms. The van der Waals surface area contributed by atoms with E-state index in [0.717, 1.165) is 15.7 Å². The van der Waals surface area contributed by atoms with Crippen LogP contribution in [0.1, 0.15) is 16.1 Å². The molecule has 80 valence electrons. The number of benzene rings is 1. The van der Waals surface area contributed by atoms with E-state index < -0.39 is 0 Å². The van der Waals surface area contributed by atoms with Crippen LogP contribution in [0.25, 0.3) is 0 Å². The fraction of sp³-hybridized carbons (Fsp3) is 0.182. The third-order valence-electron chi connectivity index (χ3n) is 2.05. The van der Waals surface area contributed by atoms with Crippen molar-refractivity contribution >= 4 is 16.5 Å². The Hall–Kier alpha value is -1.93. The van der Waals surface area contributed by atoms with Gasteiger partial charge in [0.2, 0.25) is 5.13 Å². The quantitative estimate of drug-likeness (QED) is 0.879. The van der Waals surface area contributed by atoms with Gasteiger partial charge in [-0.05, 0) is 24.6 Å². The average molecular weight is 230 g/mol. The van der Waals surface area contributed by atoms with Gasteiger partial charge in [0.1, 0.15) is 5.01 Å². The maximum Gasteiger partial charge on any atom is 0.205 e. The first-order valence-electron chi connectivity index (χ1n) is 4.81. The molecule has 2 rings (SSSR count). The van der Waals surface area contributed by atoms with Crippen LogP contribution in [0, 0.1) is 18.3 Å². The Morgan fingerprint density at radius 2 is 2.06 bits per heavy atom. The van der Waals surface area contributed by atoms with Gasteiger partial charge in [-0.15, -0.1) is 10.2 Å². The molecule has 0 saturated carbocycles. The lowest BCUT2D eigenvalue weighted by Gasteiger charge is -2.01. The molecule has 0 aliphatic heterocycles. The maximum absolute atomic E-state index is 8.66. The van der Waals surface area contributed by atoms with Gasteiger partial charge in [0.15, 0.2) is 0 Å². The van der Waals surface area contributed by atoms with Crippen molar-refractivity contribution in [3.63, 3.8) is 0 Å². The van der Waals surface area contributed by atoms with Crippen molar-refractivity contribution in [3.8, 4) is 6.07 Å². The van der Waals surface area contributed by atoms with Gasteiger partial charge < -0.3 is 5.32 Å². The molecule has 1 aromatic heterocycles. The van der Waals surface area contributed by atoms with Crippen molar-refractivity contribution in [2.75, 3.05) is 5.32 Å². The lowest BCUT2D eigenvalue weighted by Crippen LogP contribution is -1.98. The van der Waals surface area contributed by atoms with Gasteiger partial charge in [0, 0.05) is 6.54 Å². The molecule has 5 heteroatoms. The number of hydrogen-bond donors (Lipinski definition) is 1. The number of nitrogens with zero attached hydrogens (tertiary/aromatic N) is 3. The number of hydrogen-bond acceptors (Lipinski definition) is 5. The lowest BCUT2D eigenvalue weighted by atomic mass is 10.1. The van der Waals surface area contributed by atoms with Crippen LogP contribution in [0.15, 0.2) is 24.3 Å². The van der Waals surface area contributed by atoms with Crippen LogP contribution in [0.3, 0.4) is 0 Å². The molecule has 1 N–H and O–H groups in total. The zero-order valence-electron chi connectivity index (χ0n) is 8.77. The Labute approximate surface area is 97.6 Å². The molecule has 0 unspecified atom stereocenters. The molecule has 0 aliphatic rings. The molecule has 1 heterocycles. The summed E-state index contributed by atoms with van der Waals surface area (Å²) in [5.74, 6) is 0. The SMILES string of the molecule is Cc1nnc(NCc2ccc(C#N)cc2)s1. The average Bonchev–Trinajstić information content (AvgIpc) is 2.73. The summed E-state index contributed by atoms with van der Waals surface area (Å²) in [6.07, 6.45) is 0. The van der Waals surface area contributed by atoms with E-state index >= 15 is 0 Å². The molecule has 0 radical (unpaired) electrons. The highest BCUT2D eigenvalue weighted by atomic mass is 32.1. The van der Waals surface area contributed by atoms with Crippen LogP contribution in [-0.4, -0.2) is 10.2 Å². The summed E-state index contributed by atoms with van der Waals surface area (Å²) in [4.78, 5) is 0. The van der Waals surface area contributed by atoms with Gasteiger partial charge in [0.25, 0.3) is 0 Å². The second-order valence-corrected chi connectivity index (χ2v) is 4.47. The Morgan fingerprint density at radius 1 is 1.31 bits per heavy atom. The highest BCUT2D eigenvalue weighted by Crippen LogP contribution is 2.14. The molecule has 2 aromatic rings. The zero-order valence-corrected chi connectivity index (χ0v) is 9.58. The molecule has 0 saturated heterocycles. The van der Waals surface area contributed by atoms with Crippen molar-refractivity contribution < 1.29 is 0 Å². The minimum atomic E-state index is 0.676. The summed E-state index contributed by atoms with van der Waals surface area (Å²) in [5.41, 5.74) is 1.79. The second-order valence-electron chi connectivity index (χ2n) is 3.29. The number of aryl methyl sites for hydroxylation is 1. The third kappa shape index (κ3) is 2.55. The van der Waals surface area contributed by atoms with E-state index in [1.807, 2.05) is 31.2 Å². The molecule has 0 amide bonds. The van der Waals surface area contributed by atoms with Crippen LogP contribution in [0.5, 0.6) is 0 Å². The minimum Gasteiger partial charge on any atom is -0.356 e. The highest BCUT2D eigenvalue weighted by Gasteiger charge is 1.99. The fourth-order valence-electron chi connectivity index (χ4n) is 1.24. The molecule has 0 spiro atoms. The standard InChI is InChI=1S/C11H10N4S/c1-8-14-15-11(16-8)13-7-10-4-2-9(6-12)3-5-10/h2-5H,7H2,1H3,(H,13,15). The van der Waals surface area contributed by atoms with Gasteiger partial charge in [-0.3, -0.25) is 0 Å². The van der Waals surface area contributed by atoms with Crippen molar-refractivity contribution in [1.82, 2.24) is 10.2 Å². The molecule has 0 atom stereocenters. The second kappa shape index (κ2) is 4.73. The van der Waals surface area contributed by atoms with E-state index in [4.69, 9.17) is 5.26 Å². The number of nitriles is 1. The van der Waals surface area contributed by atoms with Crippen molar-refractivity contribution in [1.29, 1.82) is 5.26 Å². The Morgan fingerprint density at radius 3 is 2.62 bits per heavy atom. The number of aromatic nitrogens is 2. The summed E-state index contributed by atoms with van der Waals surface area (Å²) < 4.78 is 0. The van der Waals surface area contributed by atoms with Gasteiger partial charge in [-0.25, -0.2) is 0 Å². The molecular formula is C11H10N4S. The first kappa shape index (κ1) is 10.6. The summed E-state index contributed by atoms with van der Waals surface area (Å²) in [6.45, 7) is 2.62. The summed E-state index contributed by atoms with van der Waals surface area (Å²) in [5, 5.41) is 21.5. The van der Waals surface area contributed by atoms with Crippen molar-refractivity contribution in [2.45, 2.75) is 13.5 Å². The van der Waals surface area contributed by atoms with Crippen LogP contribution in [-0.2, 0) is 6.54 Å². The molecule has 1 aromatic carbocycles. The van der Waals surface area contributed by atoms with Crippen molar-refractivity contribution in [3.05, 3.63) is 40.4 Å². The Kier molecular flexibility index (Phi) is 3.13. The first-order chi connectivity index (χ1) is 7.78. The first-order valence-corrected chi connectivity index (χ1v) is 5.62. The molecule has 4 nitrogen and oxygen atoms in total. The number of nitrogens with one attached hydrogen (secondary N) is 1. The molecule has 0 aliphatic carbocycles. The van der Waals surface area contributed by atoms with Gasteiger partial charge in [0.05, 0.1) is 11.6 Å². The van der Waals surface area contributed by atoms with E-state index in [1.54, 1.807) is 0 Å². The van der Waals surface area contributed by atoms with E-state index in [-0.39, 0.29) is 0 Å². The van der Waals surface area contributed by atoms with E-state index in [9.17, 15) is 0 Å². The largest absolute Gasteiger partial charge is 0.356 e. The Balaban J connectivity index is 1.97. The molecular weight excluding hydrogens is 220 g/mol. The van der Waals surface area contributed by atoms with Crippen LogP contribution >= 0.6 is 11.3 Å². The monoisotopic (exact) mass is 230 g/mol.